The fourth-order valence-corrected chi connectivity index (χ4v) is 10.1. The molecule has 7 heteroatoms. The van der Waals surface area contributed by atoms with Crippen molar-refractivity contribution < 1.29 is 23.5 Å². The van der Waals surface area contributed by atoms with Gasteiger partial charge in [-0.05, 0) is 45.2 Å². The van der Waals surface area contributed by atoms with Gasteiger partial charge in [0.15, 0.2) is 16.6 Å². The molecule has 1 atom stereocenters. The number of carbonyl (C=O) groups is 1. The lowest BCUT2D eigenvalue weighted by Gasteiger charge is -2.31. The number of aliphatic hydroxyl groups is 1. The molecule has 0 saturated carbocycles. The second-order valence-corrected chi connectivity index (χ2v) is 15.7. The summed E-state index contributed by atoms with van der Waals surface area (Å²) >= 11 is 0. The summed E-state index contributed by atoms with van der Waals surface area (Å²) in [4.78, 5) is 11.0. The Hall–Kier alpha value is -0.476. The minimum Gasteiger partial charge on any atom is -0.456 e. The van der Waals surface area contributed by atoms with Crippen LogP contribution < -0.4 is 0 Å². The third kappa shape index (κ3) is 11.8. The summed E-state index contributed by atoms with van der Waals surface area (Å²) in [6.07, 6.45) is 1.36. The Labute approximate surface area is 130 Å². The molecule has 1 unspecified atom stereocenters. The van der Waals surface area contributed by atoms with Crippen molar-refractivity contribution in [1.29, 1.82) is 0 Å². The van der Waals surface area contributed by atoms with Crippen molar-refractivity contribution >= 4 is 22.6 Å². The van der Waals surface area contributed by atoms with Gasteiger partial charge in [-0.25, -0.2) is 4.79 Å². The van der Waals surface area contributed by atoms with E-state index < -0.39 is 28.7 Å². The first-order chi connectivity index (χ1) is 9.59. The van der Waals surface area contributed by atoms with Crippen LogP contribution in [-0.2, 0) is 18.4 Å². The minimum atomic E-state index is -1.62. The van der Waals surface area contributed by atoms with Crippen LogP contribution in [0.4, 0.5) is 0 Å². The number of aliphatic hydroxyl groups excluding tert-OH is 1. The van der Waals surface area contributed by atoms with Crippen molar-refractivity contribution in [2.24, 2.45) is 0 Å². The number of carbonyl (C=O) groups excluding carboxylic acids is 1. The number of ether oxygens (including phenoxy) is 2. The van der Waals surface area contributed by atoms with Crippen LogP contribution in [0.5, 0.6) is 0 Å². The zero-order valence-electron chi connectivity index (χ0n) is 14.0. The largest absolute Gasteiger partial charge is 0.456 e. The maximum absolute atomic E-state index is 11.0. The van der Waals surface area contributed by atoms with Gasteiger partial charge in [-0.15, -0.1) is 0 Å². The van der Waals surface area contributed by atoms with Gasteiger partial charge in [0.2, 0.25) is 0 Å². The van der Waals surface area contributed by atoms with E-state index in [2.05, 4.69) is 39.3 Å². The molecule has 0 spiro atoms. The van der Waals surface area contributed by atoms with E-state index in [4.69, 9.17) is 18.7 Å². The van der Waals surface area contributed by atoms with E-state index in [1.807, 2.05) is 0 Å². The van der Waals surface area contributed by atoms with E-state index in [1.54, 1.807) is 0 Å². The maximum Gasteiger partial charge on any atom is 0.330 e. The zero-order chi connectivity index (χ0) is 16.5. The highest BCUT2D eigenvalue weighted by molar-refractivity contribution is 6.84. The van der Waals surface area contributed by atoms with E-state index in [0.29, 0.717) is 6.61 Å². The lowest BCUT2D eigenvalue weighted by Crippen LogP contribution is -2.42. The third-order valence-corrected chi connectivity index (χ3v) is 8.82. The van der Waals surface area contributed by atoms with Crippen molar-refractivity contribution in [1.82, 2.24) is 0 Å². The van der Waals surface area contributed by atoms with Gasteiger partial charge in [0.05, 0.1) is 13.2 Å². The molecule has 0 aliphatic carbocycles. The Morgan fingerprint density at radius 3 is 2.38 bits per heavy atom. The van der Waals surface area contributed by atoms with Crippen molar-refractivity contribution in [2.45, 2.75) is 51.3 Å². The molecule has 0 aromatic carbocycles. The van der Waals surface area contributed by atoms with Crippen LogP contribution in [0.1, 0.15) is 6.42 Å². The molecule has 1 N–H and O–H groups in total. The highest BCUT2D eigenvalue weighted by Crippen LogP contribution is 2.19. The Bertz CT molecular complexity index is 326. The maximum atomic E-state index is 11.0. The molecule has 0 rings (SSSR count). The zero-order valence-corrected chi connectivity index (χ0v) is 16.0. The molecule has 0 aliphatic heterocycles. The van der Waals surface area contributed by atoms with E-state index in [0.717, 1.165) is 18.5 Å². The third-order valence-electron chi connectivity index (χ3n) is 2.61. The smallest absolute Gasteiger partial charge is 0.330 e. The molecule has 21 heavy (non-hydrogen) atoms. The first-order valence-electron chi connectivity index (χ1n) is 7.31. The molecule has 0 radical (unpaired) electrons. The molecule has 0 heterocycles. The Balaban J connectivity index is 3.89. The molecule has 0 bridgehead atoms. The van der Waals surface area contributed by atoms with E-state index in [9.17, 15) is 4.79 Å². The summed E-state index contributed by atoms with van der Waals surface area (Å²) in [7, 11) is -3.11. The van der Waals surface area contributed by atoms with Gasteiger partial charge in [-0.3, -0.25) is 0 Å². The molecule has 0 aromatic rings. The number of hydrogen-bond donors (Lipinski definition) is 1. The van der Waals surface area contributed by atoms with Gasteiger partial charge < -0.3 is 18.7 Å². The standard InChI is InChI=1S/C14H30O5Si2/c1-7-14(16)18-13(11-15)12-17-9-8-10-21(5,6)19-20(2,3)4/h7,13,15H,1,8-12H2,2-6H3. The molecular formula is C14H30O5Si2. The summed E-state index contributed by atoms with van der Waals surface area (Å²) in [6, 6.07) is 1.04. The molecule has 0 saturated heterocycles. The Morgan fingerprint density at radius 1 is 1.29 bits per heavy atom. The predicted octanol–water partition coefficient (Wildman–Crippen LogP) is 2.54. The van der Waals surface area contributed by atoms with Gasteiger partial charge >= 0.3 is 5.97 Å². The first kappa shape index (κ1) is 20.5. The summed E-state index contributed by atoms with van der Waals surface area (Å²) in [5.74, 6) is -0.547. The minimum absolute atomic E-state index is 0.201. The van der Waals surface area contributed by atoms with Crippen LogP contribution in [0, 0.1) is 0 Å². The van der Waals surface area contributed by atoms with Crippen molar-refractivity contribution in [3.8, 4) is 0 Å². The number of esters is 1. The number of rotatable bonds is 11. The topological polar surface area (TPSA) is 65.0 Å². The first-order valence-corrected chi connectivity index (χ1v) is 13.8. The van der Waals surface area contributed by atoms with Crippen LogP contribution in [0.25, 0.3) is 0 Å². The second-order valence-electron chi connectivity index (χ2n) is 6.60. The quantitative estimate of drug-likeness (QED) is 0.272. The normalized spacial score (nSPS) is 13.8. The Kier molecular flexibility index (Phi) is 9.31. The van der Waals surface area contributed by atoms with Crippen molar-refractivity contribution in [3.63, 3.8) is 0 Å². The van der Waals surface area contributed by atoms with Crippen LogP contribution in [-0.4, -0.2) is 53.6 Å². The summed E-state index contributed by atoms with van der Waals surface area (Å²) in [6.45, 7) is 14.9. The highest BCUT2D eigenvalue weighted by atomic mass is 28.4. The number of hydrogen-bond acceptors (Lipinski definition) is 5. The monoisotopic (exact) mass is 334 g/mol. The SMILES string of the molecule is C=CC(=O)OC(CO)COCCC[Si](C)(C)O[Si](C)(C)C. The van der Waals surface area contributed by atoms with E-state index in [1.165, 1.54) is 0 Å². The summed E-state index contributed by atoms with van der Waals surface area (Å²) in [5.41, 5.74) is 0. The van der Waals surface area contributed by atoms with Gasteiger partial charge in [-0.1, -0.05) is 6.58 Å². The van der Waals surface area contributed by atoms with Gasteiger partial charge in [0.1, 0.15) is 6.10 Å². The van der Waals surface area contributed by atoms with Gasteiger partial charge in [0, 0.05) is 12.7 Å². The van der Waals surface area contributed by atoms with Crippen LogP contribution in [0.3, 0.4) is 0 Å². The molecule has 124 valence electrons. The summed E-state index contributed by atoms with van der Waals surface area (Å²) < 4.78 is 16.6. The molecule has 0 aliphatic rings. The fraction of sp³-hybridized carbons (Fsp3) is 0.786. The summed E-state index contributed by atoms with van der Waals surface area (Å²) in [5, 5.41) is 9.08. The van der Waals surface area contributed by atoms with Crippen molar-refractivity contribution in [2.75, 3.05) is 19.8 Å². The fourth-order valence-electron chi connectivity index (χ4n) is 2.03. The second kappa shape index (κ2) is 9.52. The molecule has 0 fully saturated rings. The van der Waals surface area contributed by atoms with Gasteiger partial charge in [0.25, 0.3) is 0 Å². The molecule has 0 amide bonds. The van der Waals surface area contributed by atoms with Crippen molar-refractivity contribution in [3.05, 3.63) is 12.7 Å². The molecule has 5 nitrogen and oxygen atoms in total. The van der Waals surface area contributed by atoms with E-state index in [-0.39, 0.29) is 13.2 Å². The predicted molar refractivity (Wildman–Crippen MR) is 89.3 cm³/mol. The Morgan fingerprint density at radius 2 is 1.90 bits per heavy atom. The average Bonchev–Trinajstić information content (AvgIpc) is 2.33. The van der Waals surface area contributed by atoms with Crippen LogP contribution >= 0.6 is 0 Å². The van der Waals surface area contributed by atoms with Crippen LogP contribution in [0.2, 0.25) is 38.8 Å². The highest BCUT2D eigenvalue weighted by Gasteiger charge is 2.28. The average molecular weight is 335 g/mol. The lowest BCUT2D eigenvalue weighted by molar-refractivity contribution is -0.148. The van der Waals surface area contributed by atoms with Crippen LogP contribution in [0.15, 0.2) is 12.7 Å². The van der Waals surface area contributed by atoms with Gasteiger partial charge in [-0.2, -0.15) is 0 Å². The molecule has 0 aromatic heterocycles. The molecular weight excluding hydrogens is 304 g/mol. The lowest BCUT2D eigenvalue weighted by atomic mass is 10.4. The van der Waals surface area contributed by atoms with E-state index >= 15 is 0 Å².